The van der Waals surface area contributed by atoms with Gasteiger partial charge in [0, 0.05) is 43.9 Å². The molecule has 0 radical (unpaired) electrons. The van der Waals surface area contributed by atoms with E-state index < -0.39 is 0 Å². The molecule has 2 aromatic heterocycles. The fourth-order valence-corrected chi connectivity index (χ4v) is 4.11. The number of pyridine rings is 1. The number of nitrogens with zero attached hydrogens (tertiary/aromatic N) is 4. The number of nitrogens with one attached hydrogen (secondary N) is 1. The van der Waals surface area contributed by atoms with Crippen molar-refractivity contribution in [3.05, 3.63) is 35.1 Å². The lowest BCUT2D eigenvalue weighted by atomic mass is 9.93. The molecule has 7 nitrogen and oxygen atoms in total. The summed E-state index contributed by atoms with van der Waals surface area (Å²) in [5.74, 6) is 0.666. The van der Waals surface area contributed by atoms with Crippen LogP contribution in [0.15, 0.2) is 24.5 Å². The highest BCUT2D eigenvalue weighted by Gasteiger charge is 2.44. The molecule has 2 fully saturated rings. The molecule has 2 aromatic rings. The van der Waals surface area contributed by atoms with Crippen LogP contribution in [0.4, 0.5) is 5.13 Å². The molecule has 8 heteroatoms. The molecule has 0 bridgehead atoms. The first-order valence-electron chi connectivity index (χ1n) is 8.05. The Bertz CT molecular complexity index is 722. The maximum absolute atomic E-state index is 12.2. The topological polar surface area (TPSA) is 80.2 Å². The summed E-state index contributed by atoms with van der Waals surface area (Å²) in [6.45, 7) is 5.05. The van der Waals surface area contributed by atoms with Gasteiger partial charge in [-0.05, 0) is 19.1 Å². The molecule has 126 valence electrons. The molecule has 4 rings (SSSR count). The second-order valence-electron chi connectivity index (χ2n) is 6.26. The average Bonchev–Trinajstić information content (AvgIpc) is 3.29. The van der Waals surface area contributed by atoms with Gasteiger partial charge in [-0.25, -0.2) is 0 Å². The monoisotopic (exact) mass is 345 g/mol. The average molecular weight is 345 g/mol. The zero-order valence-electron chi connectivity index (χ0n) is 13.4. The van der Waals surface area contributed by atoms with Gasteiger partial charge in [-0.1, -0.05) is 11.3 Å². The number of rotatable bonds is 4. The van der Waals surface area contributed by atoms with Crippen molar-refractivity contribution in [2.45, 2.75) is 13.0 Å². The molecule has 24 heavy (non-hydrogen) atoms. The highest BCUT2D eigenvalue weighted by atomic mass is 32.1. The Kier molecular flexibility index (Phi) is 4.15. The van der Waals surface area contributed by atoms with Crippen molar-refractivity contribution in [2.75, 3.05) is 31.1 Å². The highest BCUT2D eigenvalue weighted by Crippen LogP contribution is 2.36. The summed E-state index contributed by atoms with van der Waals surface area (Å²) in [6.07, 6.45) is 3.46. The lowest BCUT2D eigenvalue weighted by molar-refractivity contribution is 0.0939. The van der Waals surface area contributed by atoms with E-state index in [1.165, 1.54) is 0 Å². The first-order chi connectivity index (χ1) is 11.7. The Labute approximate surface area is 144 Å². The van der Waals surface area contributed by atoms with E-state index in [1.54, 1.807) is 35.9 Å². The number of anilines is 1. The predicted molar refractivity (Wildman–Crippen MR) is 90.1 cm³/mol. The number of ether oxygens (including phenoxy) is 1. The van der Waals surface area contributed by atoms with Crippen LogP contribution >= 0.6 is 11.3 Å². The van der Waals surface area contributed by atoms with Gasteiger partial charge in [-0.3, -0.25) is 9.78 Å². The fourth-order valence-electron chi connectivity index (χ4n) is 3.40. The van der Waals surface area contributed by atoms with E-state index in [9.17, 15) is 4.79 Å². The second kappa shape index (κ2) is 6.45. The Morgan fingerprint density at radius 3 is 3.12 bits per heavy atom. The molecule has 1 amide bonds. The minimum absolute atomic E-state index is 0.0823. The summed E-state index contributed by atoms with van der Waals surface area (Å²) >= 11 is 1.61. The highest BCUT2D eigenvalue weighted by molar-refractivity contribution is 7.15. The summed E-state index contributed by atoms with van der Waals surface area (Å²) in [4.78, 5) is 18.4. The second-order valence-corrected chi connectivity index (χ2v) is 7.42. The van der Waals surface area contributed by atoms with Crippen LogP contribution in [-0.4, -0.2) is 53.4 Å². The van der Waals surface area contributed by atoms with E-state index in [0.29, 0.717) is 30.6 Å². The minimum Gasteiger partial charge on any atom is -0.376 e. The summed E-state index contributed by atoms with van der Waals surface area (Å²) in [5, 5.41) is 13.3. The van der Waals surface area contributed by atoms with Crippen LogP contribution in [0.25, 0.3) is 0 Å². The standard InChI is InChI=1S/C16H19N5O2S/c1-10-19-20-16(24-10)21-7-13-12(9-23-14(13)8-21)6-18-15(22)11-3-2-4-17-5-11/h2-5,12-14H,6-9H2,1H3,(H,18,22)/t12-,13+,14+/m0/s1. The molecular weight excluding hydrogens is 326 g/mol. The van der Waals surface area contributed by atoms with Gasteiger partial charge in [0.25, 0.3) is 5.91 Å². The number of hydrogen-bond donors (Lipinski definition) is 1. The molecule has 0 spiro atoms. The van der Waals surface area contributed by atoms with Crippen LogP contribution in [0.1, 0.15) is 15.4 Å². The molecule has 0 unspecified atom stereocenters. The van der Waals surface area contributed by atoms with Gasteiger partial charge < -0.3 is 15.0 Å². The SMILES string of the molecule is Cc1nnc(N2C[C@@H]3[C@@H](CNC(=O)c4cccnc4)CO[C@@H]3C2)s1. The quantitative estimate of drug-likeness (QED) is 0.895. The van der Waals surface area contributed by atoms with E-state index in [2.05, 4.69) is 25.4 Å². The maximum atomic E-state index is 12.2. The first-order valence-corrected chi connectivity index (χ1v) is 8.87. The Morgan fingerprint density at radius 1 is 1.46 bits per heavy atom. The first kappa shape index (κ1) is 15.5. The summed E-state index contributed by atoms with van der Waals surface area (Å²) in [7, 11) is 0. The molecule has 3 atom stereocenters. The van der Waals surface area contributed by atoms with Gasteiger partial charge in [-0.2, -0.15) is 0 Å². The van der Waals surface area contributed by atoms with Crippen LogP contribution in [0.5, 0.6) is 0 Å². The van der Waals surface area contributed by atoms with Crippen molar-refractivity contribution in [1.29, 1.82) is 0 Å². The minimum atomic E-state index is -0.0823. The number of amides is 1. The summed E-state index contributed by atoms with van der Waals surface area (Å²) < 4.78 is 5.94. The van der Waals surface area contributed by atoms with Crippen molar-refractivity contribution in [2.24, 2.45) is 11.8 Å². The van der Waals surface area contributed by atoms with Crippen LogP contribution in [-0.2, 0) is 4.74 Å². The van der Waals surface area contributed by atoms with E-state index >= 15 is 0 Å². The molecule has 0 saturated carbocycles. The van der Waals surface area contributed by atoms with Crippen LogP contribution in [0, 0.1) is 18.8 Å². The number of fused-ring (bicyclic) bond motifs is 1. The molecule has 2 aliphatic rings. The third-order valence-corrected chi connectivity index (χ3v) is 5.57. The third-order valence-electron chi connectivity index (χ3n) is 4.67. The van der Waals surface area contributed by atoms with Gasteiger partial charge in [0.1, 0.15) is 5.01 Å². The van der Waals surface area contributed by atoms with Gasteiger partial charge >= 0.3 is 0 Å². The van der Waals surface area contributed by atoms with Crippen molar-refractivity contribution in [3.8, 4) is 0 Å². The summed E-state index contributed by atoms with van der Waals surface area (Å²) in [5.41, 5.74) is 0.588. The lowest BCUT2D eigenvalue weighted by Gasteiger charge is -2.19. The van der Waals surface area contributed by atoms with E-state index in [4.69, 9.17) is 4.74 Å². The van der Waals surface area contributed by atoms with Crippen molar-refractivity contribution < 1.29 is 9.53 Å². The van der Waals surface area contributed by atoms with Crippen molar-refractivity contribution >= 4 is 22.4 Å². The largest absolute Gasteiger partial charge is 0.376 e. The van der Waals surface area contributed by atoms with Crippen LogP contribution in [0.2, 0.25) is 0 Å². The molecule has 2 aliphatic heterocycles. The van der Waals surface area contributed by atoms with Gasteiger partial charge in [0.2, 0.25) is 5.13 Å². The van der Waals surface area contributed by atoms with Gasteiger partial charge in [-0.15, -0.1) is 10.2 Å². The number of aromatic nitrogens is 3. The number of carbonyl (C=O) groups is 1. The third kappa shape index (κ3) is 2.99. The molecule has 1 N–H and O–H groups in total. The van der Waals surface area contributed by atoms with E-state index in [-0.39, 0.29) is 12.0 Å². The number of hydrogen-bond acceptors (Lipinski definition) is 7. The fraction of sp³-hybridized carbons (Fsp3) is 0.500. The molecule has 2 saturated heterocycles. The normalized spacial score (nSPS) is 25.7. The van der Waals surface area contributed by atoms with Gasteiger partial charge in [0.15, 0.2) is 0 Å². The molecule has 0 aromatic carbocycles. The zero-order chi connectivity index (χ0) is 16.5. The van der Waals surface area contributed by atoms with Crippen LogP contribution < -0.4 is 10.2 Å². The van der Waals surface area contributed by atoms with Crippen molar-refractivity contribution in [3.63, 3.8) is 0 Å². The summed E-state index contributed by atoms with van der Waals surface area (Å²) in [6, 6.07) is 3.54. The number of carbonyl (C=O) groups excluding carboxylic acids is 1. The smallest absolute Gasteiger partial charge is 0.252 e. The Morgan fingerprint density at radius 2 is 2.38 bits per heavy atom. The Balaban J connectivity index is 1.35. The predicted octanol–water partition coefficient (Wildman–Crippen LogP) is 1.12. The lowest BCUT2D eigenvalue weighted by Crippen LogP contribution is -2.34. The molecule has 0 aliphatic carbocycles. The van der Waals surface area contributed by atoms with Gasteiger partial charge in [0.05, 0.1) is 18.3 Å². The molecular formula is C16H19N5O2S. The van der Waals surface area contributed by atoms with E-state index in [1.807, 2.05) is 6.92 Å². The molecule has 4 heterocycles. The van der Waals surface area contributed by atoms with Crippen molar-refractivity contribution in [1.82, 2.24) is 20.5 Å². The van der Waals surface area contributed by atoms with E-state index in [0.717, 1.165) is 23.2 Å². The maximum Gasteiger partial charge on any atom is 0.252 e. The Hall–Kier alpha value is -2.06. The zero-order valence-corrected chi connectivity index (χ0v) is 14.2. The van der Waals surface area contributed by atoms with Crippen LogP contribution in [0.3, 0.4) is 0 Å². The number of aryl methyl sites for hydroxylation is 1.